The second kappa shape index (κ2) is 20.0. The van der Waals surface area contributed by atoms with Crippen LogP contribution in [0, 0.1) is 0 Å². The summed E-state index contributed by atoms with van der Waals surface area (Å²) < 4.78 is 20.7. The fourth-order valence-corrected chi connectivity index (χ4v) is 3.19. The summed E-state index contributed by atoms with van der Waals surface area (Å²) in [5, 5.41) is 2.51. The van der Waals surface area contributed by atoms with Crippen molar-refractivity contribution in [2.45, 2.75) is 74.6 Å². The molecule has 0 aliphatic heterocycles. The first kappa shape index (κ1) is 25.2. The summed E-state index contributed by atoms with van der Waals surface area (Å²) in [5.41, 5.74) is 0. The van der Waals surface area contributed by atoms with Crippen LogP contribution in [0.4, 0.5) is 0 Å². The summed E-state index contributed by atoms with van der Waals surface area (Å²) >= 11 is 2.16. The molecule has 0 aromatic carbocycles. The van der Waals surface area contributed by atoms with Crippen molar-refractivity contribution in [3.8, 4) is 0 Å². The molecule has 0 N–H and O–H groups in total. The number of rotatable bonds is 16. The Kier molecular flexibility index (Phi) is 22.9. The Morgan fingerprint density at radius 1 is 0.591 bits per heavy atom. The summed E-state index contributed by atoms with van der Waals surface area (Å²) in [4.78, 5) is 0. The maximum atomic E-state index is 5.17. The van der Waals surface area contributed by atoms with E-state index in [2.05, 4.69) is 15.0 Å². The zero-order valence-electron chi connectivity index (χ0n) is 15.2. The molecule has 0 amide bonds. The van der Waals surface area contributed by atoms with Crippen molar-refractivity contribution in [2.75, 3.05) is 28.4 Å². The van der Waals surface area contributed by atoms with Gasteiger partial charge < -0.3 is 0 Å². The second-order valence-corrected chi connectivity index (χ2v) is 6.37. The zero-order chi connectivity index (χ0) is 15.8. The molecule has 1 radical (unpaired) electrons. The first-order chi connectivity index (χ1) is 10.3. The van der Waals surface area contributed by atoms with Gasteiger partial charge in [0.2, 0.25) is 0 Å². The molecule has 134 valence electrons. The molecule has 0 aliphatic rings. The van der Waals surface area contributed by atoms with E-state index in [0.717, 1.165) is 12.8 Å². The predicted molar refractivity (Wildman–Crippen MR) is 87.9 cm³/mol. The Bertz CT molecular complexity index is 183. The Morgan fingerprint density at radius 2 is 0.955 bits per heavy atom. The number of methoxy groups -OCH3 is 4. The van der Waals surface area contributed by atoms with E-state index < -0.39 is 0 Å². The number of unbranched alkanes of at least 4 members (excludes halogenated alkanes) is 4. The van der Waals surface area contributed by atoms with Crippen molar-refractivity contribution in [1.29, 1.82) is 0 Å². The Hall–Kier alpha value is 0.957. The van der Waals surface area contributed by atoms with Gasteiger partial charge in [0.05, 0.1) is 0 Å². The van der Waals surface area contributed by atoms with Crippen LogP contribution in [0.5, 0.6) is 0 Å². The molecule has 0 unspecified atom stereocenters. The quantitative estimate of drug-likeness (QED) is 0.238. The van der Waals surface area contributed by atoms with Crippen LogP contribution in [0.15, 0.2) is 0 Å². The Morgan fingerprint density at radius 3 is 1.27 bits per heavy atom. The third kappa shape index (κ3) is 15.8. The van der Waals surface area contributed by atoms with E-state index >= 15 is 0 Å². The maximum Gasteiger partial charge on any atom is 0 e. The van der Waals surface area contributed by atoms with Crippen molar-refractivity contribution >= 4 is 18.9 Å². The topological polar surface area (TPSA) is 36.9 Å². The molecule has 0 atom stereocenters. The van der Waals surface area contributed by atoms with Crippen LogP contribution in [0.25, 0.3) is 0 Å². The summed E-state index contributed by atoms with van der Waals surface area (Å²) in [6.07, 6.45) is 9.40. The van der Waals surface area contributed by atoms with Crippen LogP contribution < -0.4 is 0 Å². The number of hydrogen-bond donors (Lipinski definition) is 0. The van der Waals surface area contributed by atoms with Crippen molar-refractivity contribution in [2.24, 2.45) is 0 Å². The van der Waals surface area contributed by atoms with E-state index in [0.29, 0.717) is 0 Å². The summed E-state index contributed by atoms with van der Waals surface area (Å²) in [5.74, 6) is 0. The van der Waals surface area contributed by atoms with E-state index in [1.165, 1.54) is 49.2 Å². The fourth-order valence-electron chi connectivity index (χ4n) is 2.02. The van der Waals surface area contributed by atoms with Crippen molar-refractivity contribution < 1.29 is 33.9 Å². The molecule has 0 aromatic heterocycles. The molecule has 0 saturated heterocycles. The third-order valence-electron chi connectivity index (χ3n) is 3.36. The minimum Gasteiger partial charge on any atom is 0 e. The third-order valence-corrected chi connectivity index (χ3v) is 4.69. The summed E-state index contributed by atoms with van der Waals surface area (Å²) in [7, 11) is 6.80. The van der Waals surface area contributed by atoms with Gasteiger partial charge >= 0.3 is 137 Å². The molecule has 6 heteroatoms. The molecule has 0 aliphatic carbocycles. The number of hydrogen-bond acceptors (Lipinski definition) is 4. The van der Waals surface area contributed by atoms with Crippen LogP contribution >= 0.6 is 0 Å². The average Bonchev–Trinajstić information content (AvgIpc) is 2.52. The van der Waals surface area contributed by atoms with Crippen LogP contribution in [-0.2, 0) is 33.9 Å². The molecule has 0 saturated carbocycles. The van der Waals surface area contributed by atoms with E-state index in [1.807, 2.05) is 0 Å². The molecule has 0 spiro atoms. The maximum absolute atomic E-state index is 5.17. The van der Waals surface area contributed by atoms with E-state index in [1.54, 1.807) is 28.4 Å². The second-order valence-electron chi connectivity index (χ2n) is 4.95. The van der Waals surface area contributed by atoms with Gasteiger partial charge in [0.1, 0.15) is 0 Å². The van der Waals surface area contributed by atoms with Gasteiger partial charge in [-0.1, -0.05) is 0 Å². The van der Waals surface area contributed by atoms with E-state index in [-0.39, 0.29) is 31.4 Å². The Balaban J connectivity index is 0. The largest absolute Gasteiger partial charge is 0 e. The van der Waals surface area contributed by atoms with Gasteiger partial charge in [0.25, 0.3) is 0 Å². The van der Waals surface area contributed by atoms with Gasteiger partial charge in [0, 0.05) is 18.9 Å². The normalized spacial score (nSPS) is 11.4. The van der Waals surface area contributed by atoms with Crippen molar-refractivity contribution in [3.63, 3.8) is 0 Å². The zero-order valence-corrected chi connectivity index (χ0v) is 16.1. The molecule has 0 aromatic rings. The minimum atomic E-state index is -0.0280. The van der Waals surface area contributed by atoms with Gasteiger partial charge in [-0.15, -0.1) is 0 Å². The molecule has 0 fully saturated rings. The van der Waals surface area contributed by atoms with E-state index in [4.69, 9.17) is 18.9 Å². The molecule has 22 heavy (non-hydrogen) atoms. The first-order valence-corrected chi connectivity index (χ1v) is 9.15. The molecule has 0 heterocycles. The SMILES string of the molecule is COC(CCCC[CH2][Cu][CH2]CCCCC(OC)OC)OC.[Li]. The van der Waals surface area contributed by atoms with Gasteiger partial charge in [0.15, 0.2) is 0 Å². The summed E-state index contributed by atoms with van der Waals surface area (Å²) in [6.45, 7) is 0. The fraction of sp³-hybridized carbons (Fsp3) is 1.00. The van der Waals surface area contributed by atoms with Crippen LogP contribution in [0.2, 0.25) is 10.6 Å². The van der Waals surface area contributed by atoms with Gasteiger partial charge in [-0.2, -0.15) is 0 Å². The van der Waals surface area contributed by atoms with Crippen LogP contribution in [0.3, 0.4) is 0 Å². The van der Waals surface area contributed by atoms with Gasteiger partial charge in [-0.05, 0) is 0 Å². The smallest absolute Gasteiger partial charge is 0 e. The average molecular weight is 361 g/mol. The Labute approximate surface area is 155 Å². The van der Waals surface area contributed by atoms with E-state index in [9.17, 15) is 0 Å². The van der Waals surface area contributed by atoms with Gasteiger partial charge in [-0.25, -0.2) is 0 Å². The molecule has 0 bridgehead atoms. The predicted octanol–water partition coefficient (Wildman–Crippen LogP) is 3.88. The van der Waals surface area contributed by atoms with Crippen LogP contribution in [-0.4, -0.2) is 59.9 Å². The van der Waals surface area contributed by atoms with Crippen molar-refractivity contribution in [3.05, 3.63) is 0 Å². The van der Waals surface area contributed by atoms with Crippen molar-refractivity contribution in [1.82, 2.24) is 0 Å². The minimum absolute atomic E-state index is 0. The monoisotopic (exact) mass is 360 g/mol. The molecular weight excluding hydrogens is 327 g/mol. The molecular formula is C16H34CuLiO4. The molecule has 0 rings (SSSR count). The standard InChI is InChI=1S/2C8H17O2.Cu.Li/c2*1-4-5-6-7-8(9-2)10-3;;/h2*8H,1,4-7H2,2-3H3;;. The first-order valence-electron chi connectivity index (χ1n) is 7.82. The van der Waals surface area contributed by atoms with Crippen LogP contribution in [0.1, 0.15) is 51.4 Å². The summed E-state index contributed by atoms with van der Waals surface area (Å²) in [6, 6.07) is 0. The molecule has 4 nitrogen and oxygen atoms in total. The number of ether oxygens (including phenoxy) is 4. The van der Waals surface area contributed by atoms with Gasteiger partial charge in [-0.3, -0.25) is 0 Å².